The van der Waals surface area contributed by atoms with Crippen LogP contribution in [0.2, 0.25) is 0 Å². The molecular weight excluding hydrogens is 296 g/mol. The van der Waals surface area contributed by atoms with Gasteiger partial charge in [0, 0.05) is 10.9 Å². The normalized spacial score (nSPS) is 15.2. The molecule has 4 heteroatoms. The fourth-order valence-electron chi connectivity index (χ4n) is 1.96. The molecule has 1 aliphatic carbocycles. The topological polar surface area (TPSA) is 46.5 Å². The Bertz CT molecular complexity index is 427. The molecule has 0 amide bonds. The van der Waals surface area contributed by atoms with E-state index in [4.69, 9.17) is 9.84 Å². The number of ether oxygens (including phenoxy) is 1. The predicted octanol–water partition coefficient (Wildman–Crippen LogP) is 3.79. The smallest absolute Gasteiger partial charge is 0.303 e. The number of carboxylic acid groups (broad SMARTS) is 1. The number of hydrogen-bond acceptors (Lipinski definition) is 2. The third kappa shape index (κ3) is 3.73. The highest BCUT2D eigenvalue weighted by atomic mass is 79.9. The summed E-state index contributed by atoms with van der Waals surface area (Å²) >= 11 is 3.44. The van der Waals surface area contributed by atoms with Gasteiger partial charge in [0.1, 0.15) is 5.75 Å². The highest BCUT2D eigenvalue weighted by molar-refractivity contribution is 9.10. The molecule has 0 heterocycles. The summed E-state index contributed by atoms with van der Waals surface area (Å²) in [6.45, 7) is 0. The second kappa shape index (κ2) is 6.23. The van der Waals surface area contributed by atoms with Gasteiger partial charge in [0.15, 0.2) is 0 Å². The van der Waals surface area contributed by atoms with Gasteiger partial charge in [-0.2, -0.15) is 0 Å². The molecule has 2 rings (SSSR count). The van der Waals surface area contributed by atoms with E-state index < -0.39 is 5.97 Å². The second-order valence-corrected chi connectivity index (χ2v) is 5.59. The van der Waals surface area contributed by atoms with E-state index in [1.807, 2.05) is 18.2 Å². The summed E-state index contributed by atoms with van der Waals surface area (Å²) < 4.78 is 6.93. The average molecular weight is 313 g/mol. The fraction of sp³-hybridized carbons (Fsp3) is 0.500. The van der Waals surface area contributed by atoms with Crippen molar-refractivity contribution in [2.75, 3.05) is 0 Å². The molecule has 0 spiro atoms. The highest BCUT2D eigenvalue weighted by Gasteiger charge is 2.20. The summed E-state index contributed by atoms with van der Waals surface area (Å²) in [5.41, 5.74) is 1.09. The summed E-state index contributed by atoms with van der Waals surface area (Å²) in [6.07, 6.45) is 5.45. The van der Waals surface area contributed by atoms with Gasteiger partial charge in [0.25, 0.3) is 0 Å². The van der Waals surface area contributed by atoms with Crippen molar-refractivity contribution in [3.63, 3.8) is 0 Å². The lowest BCUT2D eigenvalue weighted by Crippen LogP contribution is -2.25. The molecular formula is C14H17BrO3. The molecule has 1 aromatic carbocycles. The lowest BCUT2D eigenvalue weighted by Gasteiger charge is -2.27. The average Bonchev–Trinajstić information content (AvgIpc) is 2.25. The number of aryl methyl sites for hydroxylation is 1. The zero-order valence-electron chi connectivity index (χ0n) is 10.2. The van der Waals surface area contributed by atoms with Gasteiger partial charge < -0.3 is 9.84 Å². The monoisotopic (exact) mass is 312 g/mol. The number of hydrogen-bond donors (Lipinski definition) is 1. The number of aliphatic carboxylic acids is 1. The fourth-order valence-corrected chi connectivity index (χ4v) is 2.37. The minimum atomic E-state index is -0.744. The summed E-state index contributed by atoms with van der Waals surface area (Å²) in [5, 5.41) is 8.67. The van der Waals surface area contributed by atoms with Gasteiger partial charge in [-0.05, 0) is 55.9 Å². The molecule has 0 aliphatic heterocycles. The van der Waals surface area contributed by atoms with Crippen LogP contribution in [-0.4, -0.2) is 17.2 Å². The first-order valence-corrected chi connectivity index (χ1v) is 7.11. The first-order valence-electron chi connectivity index (χ1n) is 6.32. The zero-order chi connectivity index (χ0) is 13.0. The molecule has 1 aliphatic rings. The molecule has 18 heavy (non-hydrogen) atoms. The van der Waals surface area contributed by atoms with Crippen molar-refractivity contribution in [2.24, 2.45) is 0 Å². The van der Waals surface area contributed by atoms with E-state index in [0.29, 0.717) is 12.5 Å². The van der Waals surface area contributed by atoms with Crippen LogP contribution in [0.4, 0.5) is 0 Å². The highest BCUT2D eigenvalue weighted by Crippen LogP contribution is 2.30. The van der Waals surface area contributed by atoms with E-state index in [1.165, 1.54) is 6.42 Å². The summed E-state index contributed by atoms with van der Waals surface area (Å²) in [6, 6.07) is 5.96. The Morgan fingerprint density at radius 3 is 2.83 bits per heavy atom. The summed E-state index contributed by atoms with van der Waals surface area (Å²) in [4.78, 5) is 10.5. The molecule has 0 radical (unpaired) electrons. The van der Waals surface area contributed by atoms with Crippen molar-refractivity contribution in [3.05, 3.63) is 28.2 Å². The predicted molar refractivity (Wildman–Crippen MR) is 73.0 cm³/mol. The molecule has 0 unspecified atom stereocenters. The number of halogens is 1. The Hall–Kier alpha value is -1.03. The van der Waals surface area contributed by atoms with Crippen LogP contribution in [0, 0.1) is 0 Å². The molecule has 0 aromatic heterocycles. The Morgan fingerprint density at radius 1 is 1.44 bits per heavy atom. The van der Waals surface area contributed by atoms with Gasteiger partial charge in [-0.1, -0.05) is 15.9 Å². The molecule has 3 nitrogen and oxygen atoms in total. The van der Waals surface area contributed by atoms with E-state index in [2.05, 4.69) is 15.9 Å². The maximum absolute atomic E-state index is 10.5. The molecule has 0 saturated heterocycles. The Balaban J connectivity index is 2.00. The summed E-state index contributed by atoms with van der Waals surface area (Å²) in [7, 11) is 0. The third-order valence-corrected chi connectivity index (χ3v) is 3.70. The maximum Gasteiger partial charge on any atom is 0.303 e. The van der Waals surface area contributed by atoms with E-state index in [-0.39, 0.29) is 6.42 Å². The van der Waals surface area contributed by atoms with Gasteiger partial charge in [0.2, 0.25) is 0 Å². The molecule has 1 saturated carbocycles. The molecule has 1 fully saturated rings. The van der Waals surface area contributed by atoms with Crippen LogP contribution in [0.15, 0.2) is 22.7 Å². The van der Waals surface area contributed by atoms with Crippen LogP contribution in [0.1, 0.15) is 37.7 Å². The van der Waals surface area contributed by atoms with Crippen LogP contribution in [0.3, 0.4) is 0 Å². The van der Waals surface area contributed by atoms with E-state index in [9.17, 15) is 4.79 Å². The lowest BCUT2D eigenvalue weighted by atomic mass is 9.96. The summed E-state index contributed by atoms with van der Waals surface area (Å²) in [5.74, 6) is 0.166. The molecule has 0 atom stereocenters. The van der Waals surface area contributed by atoms with Crippen LogP contribution in [-0.2, 0) is 11.2 Å². The largest absolute Gasteiger partial charge is 0.490 e. The zero-order valence-corrected chi connectivity index (χ0v) is 11.8. The first-order chi connectivity index (χ1) is 8.65. The van der Waals surface area contributed by atoms with Crippen LogP contribution < -0.4 is 4.74 Å². The van der Waals surface area contributed by atoms with Crippen LogP contribution in [0.25, 0.3) is 0 Å². The first kappa shape index (κ1) is 13.4. The molecule has 0 bridgehead atoms. The van der Waals surface area contributed by atoms with Crippen molar-refractivity contribution < 1.29 is 14.6 Å². The Morgan fingerprint density at radius 2 is 2.22 bits per heavy atom. The van der Waals surface area contributed by atoms with Gasteiger partial charge in [-0.25, -0.2) is 0 Å². The van der Waals surface area contributed by atoms with Crippen molar-refractivity contribution >= 4 is 21.9 Å². The van der Waals surface area contributed by atoms with Crippen molar-refractivity contribution in [2.45, 2.75) is 44.6 Å². The third-order valence-electron chi connectivity index (χ3n) is 3.21. The minimum Gasteiger partial charge on any atom is -0.490 e. The number of benzene rings is 1. The van der Waals surface area contributed by atoms with Crippen LogP contribution >= 0.6 is 15.9 Å². The molecule has 1 N–H and O–H groups in total. The van der Waals surface area contributed by atoms with Crippen molar-refractivity contribution in [1.29, 1.82) is 0 Å². The van der Waals surface area contributed by atoms with Crippen LogP contribution in [0.5, 0.6) is 5.75 Å². The van der Waals surface area contributed by atoms with Gasteiger partial charge >= 0.3 is 5.97 Å². The standard InChI is InChI=1S/C14H17BrO3/c15-11-7-8-13(18-12-4-2-5-12)10(9-11)3-1-6-14(16)17/h7-9,12H,1-6H2,(H,16,17). The molecule has 1 aromatic rings. The maximum atomic E-state index is 10.5. The Labute approximate surface area is 115 Å². The van der Waals surface area contributed by atoms with Crippen molar-refractivity contribution in [1.82, 2.24) is 0 Å². The lowest BCUT2D eigenvalue weighted by molar-refractivity contribution is -0.137. The molecule has 98 valence electrons. The number of carboxylic acids is 1. The second-order valence-electron chi connectivity index (χ2n) is 4.67. The SMILES string of the molecule is O=C(O)CCCc1cc(Br)ccc1OC1CCC1. The Kier molecular flexibility index (Phi) is 4.64. The number of carbonyl (C=O) groups is 1. The van der Waals surface area contributed by atoms with Gasteiger partial charge in [0.05, 0.1) is 6.10 Å². The minimum absolute atomic E-state index is 0.204. The quantitative estimate of drug-likeness (QED) is 0.869. The van der Waals surface area contributed by atoms with Crippen molar-refractivity contribution in [3.8, 4) is 5.75 Å². The van der Waals surface area contributed by atoms with E-state index >= 15 is 0 Å². The van der Waals surface area contributed by atoms with Gasteiger partial charge in [-0.3, -0.25) is 4.79 Å². The number of rotatable bonds is 6. The van der Waals surface area contributed by atoms with E-state index in [1.54, 1.807) is 0 Å². The van der Waals surface area contributed by atoms with E-state index in [0.717, 1.165) is 35.0 Å². The van der Waals surface area contributed by atoms with Gasteiger partial charge in [-0.15, -0.1) is 0 Å².